The highest BCUT2D eigenvalue weighted by Crippen LogP contribution is 2.48. The van der Waals surface area contributed by atoms with E-state index in [-0.39, 0.29) is 41.7 Å². The van der Waals surface area contributed by atoms with Gasteiger partial charge in [-0.1, -0.05) is 44.8 Å². The predicted octanol–water partition coefficient (Wildman–Crippen LogP) is 4.54. The second-order valence-electron chi connectivity index (χ2n) is 9.52. The molecule has 0 radical (unpaired) electrons. The highest BCUT2D eigenvalue weighted by atomic mass is 31.2. The van der Waals surface area contributed by atoms with E-state index in [4.69, 9.17) is 0 Å². The van der Waals surface area contributed by atoms with Crippen LogP contribution >= 0.6 is 7.37 Å². The minimum Gasteiger partial charge on any atom is -0.396 e. The van der Waals surface area contributed by atoms with E-state index in [1.807, 2.05) is 6.08 Å². The van der Waals surface area contributed by atoms with Crippen molar-refractivity contribution in [2.75, 3.05) is 19.4 Å². The fourth-order valence-corrected chi connectivity index (χ4v) is 6.02. The number of rotatable bonds is 13. The van der Waals surface area contributed by atoms with Gasteiger partial charge < -0.3 is 15.1 Å². The molecule has 0 aromatic carbocycles. The third kappa shape index (κ3) is 7.02. The van der Waals surface area contributed by atoms with E-state index in [0.717, 1.165) is 51.4 Å². The summed E-state index contributed by atoms with van der Waals surface area (Å²) in [7, 11) is -2.91. The first-order valence-corrected chi connectivity index (χ1v) is 13.8. The third-order valence-corrected chi connectivity index (χ3v) is 8.58. The SMILES string of the molecule is CCC1(C(O)CC=C[C@H]2[C@H](CO)CC(=O)[C@@H]2CCCCCCP(C)(=O)O)CCC1. The normalized spacial score (nSPS) is 29.7. The molecule has 0 aromatic heterocycles. The monoisotopic (exact) mass is 428 g/mol. The van der Waals surface area contributed by atoms with E-state index in [0.29, 0.717) is 19.0 Å². The van der Waals surface area contributed by atoms with Crippen molar-refractivity contribution < 1.29 is 24.5 Å². The second kappa shape index (κ2) is 11.2. The number of hydrogen-bond acceptors (Lipinski definition) is 4. The summed E-state index contributed by atoms with van der Waals surface area (Å²) in [6.07, 6.45) is 14.0. The van der Waals surface area contributed by atoms with Crippen molar-refractivity contribution in [2.45, 2.75) is 83.7 Å². The van der Waals surface area contributed by atoms with E-state index in [9.17, 15) is 24.5 Å². The largest absolute Gasteiger partial charge is 0.396 e. The molecule has 5 nitrogen and oxygen atoms in total. The van der Waals surface area contributed by atoms with Crippen molar-refractivity contribution in [3.05, 3.63) is 12.2 Å². The fourth-order valence-electron chi connectivity index (χ4n) is 5.21. The summed E-state index contributed by atoms with van der Waals surface area (Å²) in [4.78, 5) is 21.8. The van der Waals surface area contributed by atoms with Gasteiger partial charge in [-0.2, -0.15) is 0 Å². The number of carbonyl (C=O) groups excluding carboxylic acids is 1. The van der Waals surface area contributed by atoms with Crippen LogP contribution in [0.15, 0.2) is 12.2 Å². The Balaban J connectivity index is 1.83. The van der Waals surface area contributed by atoms with Gasteiger partial charge in [-0.05, 0) is 55.8 Å². The van der Waals surface area contributed by atoms with Crippen LogP contribution in [0.5, 0.6) is 0 Å². The number of Topliss-reactive ketones (excluding diaryl/α,β-unsaturated/α-hetero) is 1. The van der Waals surface area contributed by atoms with Gasteiger partial charge in [-0.25, -0.2) is 0 Å². The summed E-state index contributed by atoms with van der Waals surface area (Å²) in [5.74, 6) is 0.258. The smallest absolute Gasteiger partial charge is 0.197 e. The molecule has 0 bridgehead atoms. The average Bonchev–Trinajstić information content (AvgIpc) is 2.92. The standard InChI is InChI=1S/C23H41O5P/c1-3-23(13-9-14-23)22(26)12-8-11-19-18(17-24)16-21(25)20(19)10-6-4-5-7-15-29(2,27)28/h8,11,18-20,22,24,26H,3-7,9-10,12-17H2,1-2H3,(H,27,28)/t18-,19-,20+,22?/m0/s1. The predicted molar refractivity (Wildman–Crippen MR) is 117 cm³/mol. The first-order chi connectivity index (χ1) is 13.7. The summed E-state index contributed by atoms with van der Waals surface area (Å²) in [5, 5.41) is 20.3. The molecule has 2 aliphatic rings. The van der Waals surface area contributed by atoms with Gasteiger partial charge in [0.2, 0.25) is 0 Å². The fraction of sp³-hybridized carbons (Fsp3) is 0.870. The molecular formula is C23H41O5P. The number of unbranched alkanes of at least 4 members (excludes halogenated alkanes) is 3. The van der Waals surface area contributed by atoms with Crippen LogP contribution in [-0.2, 0) is 9.36 Å². The van der Waals surface area contributed by atoms with Crippen LogP contribution < -0.4 is 0 Å². The van der Waals surface area contributed by atoms with Crippen LogP contribution in [0.1, 0.15) is 77.6 Å². The van der Waals surface area contributed by atoms with E-state index < -0.39 is 7.37 Å². The number of ketones is 1. The number of carbonyl (C=O) groups is 1. The van der Waals surface area contributed by atoms with Crippen molar-refractivity contribution in [2.24, 2.45) is 23.2 Å². The van der Waals surface area contributed by atoms with Crippen LogP contribution in [0.25, 0.3) is 0 Å². The van der Waals surface area contributed by atoms with Crippen molar-refractivity contribution in [1.29, 1.82) is 0 Å². The minimum absolute atomic E-state index is 0.00918. The zero-order chi connectivity index (χ0) is 21.5. The summed E-state index contributed by atoms with van der Waals surface area (Å²) >= 11 is 0. The Bertz CT molecular complexity index is 587. The summed E-state index contributed by atoms with van der Waals surface area (Å²) < 4.78 is 11.3. The summed E-state index contributed by atoms with van der Waals surface area (Å²) in [5.41, 5.74) is 0.0859. The Kier molecular flexibility index (Phi) is 9.60. The first kappa shape index (κ1) is 24.8. The van der Waals surface area contributed by atoms with Crippen LogP contribution in [0.2, 0.25) is 0 Å². The lowest BCUT2D eigenvalue weighted by Crippen LogP contribution is -2.40. The van der Waals surface area contributed by atoms with E-state index in [1.54, 1.807) is 0 Å². The van der Waals surface area contributed by atoms with Gasteiger partial charge in [0.05, 0.1) is 6.10 Å². The number of allylic oxidation sites excluding steroid dienone is 1. The molecule has 6 heteroatoms. The van der Waals surface area contributed by atoms with E-state index in [1.165, 1.54) is 13.1 Å². The Labute approximate surface area is 176 Å². The van der Waals surface area contributed by atoms with Crippen LogP contribution in [0.3, 0.4) is 0 Å². The maximum absolute atomic E-state index is 12.5. The first-order valence-electron chi connectivity index (χ1n) is 11.5. The van der Waals surface area contributed by atoms with Crippen LogP contribution in [-0.4, -0.2) is 46.4 Å². The Hall–Kier alpha value is -0.480. The Morgan fingerprint density at radius 3 is 2.48 bits per heavy atom. The van der Waals surface area contributed by atoms with Gasteiger partial charge in [0.1, 0.15) is 5.78 Å². The molecule has 29 heavy (non-hydrogen) atoms. The second-order valence-corrected chi connectivity index (χ2v) is 12.1. The van der Waals surface area contributed by atoms with Gasteiger partial charge in [0.15, 0.2) is 7.37 Å². The molecule has 0 spiro atoms. The van der Waals surface area contributed by atoms with Crippen molar-refractivity contribution >= 4 is 13.2 Å². The molecule has 2 saturated carbocycles. The van der Waals surface area contributed by atoms with Crippen LogP contribution in [0, 0.1) is 23.2 Å². The molecule has 0 aliphatic heterocycles. The molecule has 2 rings (SSSR count). The molecule has 2 unspecified atom stereocenters. The topological polar surface area (TPSA) is 94.8 Å². The van der Waals surface area contributed by atoms with Crippen molar-refractivity contribution in [3.8, 4) is 0 Å². The Morgan fingerprint density at radius 1 is 1.24 bits per heavy atom. The average molecular weight is 429 g/mol. The number of hydrogen-bond donors (Lipinski definition) is 3. The highest BCUT2D eigenvalue weighted by Gasteiger charge is 2.42. The van der Waals surface area contributed by atoms with E-state index in [2.05, 4.69) is 13.0 Å². The molecule has 2 fully saturated rings. The lowest BCUT2D eigenvalue weighted by Gasteiger charge is -2.45. The summed E-state index contributed by atoms with van der Waals surface area (Å²) in [6, 6.07) is 0. The quantitative estimate of drug-likeness (QED) is 0.227. The lowest BCUT2D eigenvalue weighted by molar-refractivity contribution is -0.121. The minimum atomic E-state index is -2.91. The molecular weight excluding hydrogens is 387 g/mol. The van der Waals surface area contributed by atoms with E-state index >= 15 is 0 Å². The molecule has 3 N–H and O–H groups in total. The molecule has 0 aromatic rings. The molecule has 168 valence electrons. The van der Waals surface area contributed by atoms with Crippen molar-refractivity contribution in [1.82, 2.24) is 0 Å². The third-order valence-electron chi connectivity index (χ3n) is 7.44. The van der Waals surface area contributed by atoms with Gasteiger partial charge in [0, 0.05) is 31.8 Å². The lowest BCUT2D eigenvalue weighted by atomic mass is 9.63. The molecule has 0 saturated heterocycles. The zero-order valence-corrected chi connectivity index (χ0v) is 19.2. The number of aliphatic hydroxyl groups excluding tert-OH is 2. The van der Waals surface area contributed by atoms with Gasteiger partial charge >= 0.3 is 0 Å². The Morgan fingerprint density at radius 2 is 1.93 bits per heavy atom. The molecule has 2 aliphatic carbocycles. The maximum atomic E-state index is 12.5. The highest BCUT2D eigenvalue weighted by molar-refractivity contribution is 7.57. The van der Waals surface area contributed by atoms with Gasteiger partial charge in [-0.3, -0.25) is 9.36 Å². The van der Waals surface area contributed by atoms with Gasteiger partial charge in [-0.15, -0.1) is 0 Å². The van der Waals surface area contributed by atoms with Crippen molar-refractivity contribution in [3.63, 3.8) is 0 Å². The molecule has 0 heterocycles. The molecule has 0 amide bonds. The number of aliphatic hydroxyl groups is 2. The van der Waals surface area contributed by atoms with Crippen LogP contribution in [0.4, 0.5) is 0 Å². The summed E-state index contributed by atoms with van der Waals surface area (Å²) in [6.45, 7) is 3.58. The maximum Gasteiger partial charge on any atom is 0.197 e. The molecule has 5 atom stereocenters. The zero-order valence-electron chi connectivity index (χ0n) is 18.3. The van der Waals surface area contributed by atoms with Gasteiger partial charge in [0.25, 0.3) is 0 Å².